The summed E-state index contributed by atoms with van der Waals surface area (Å²) in [4.78, 5) is 0. The van der Waals surface area contributed by atoms with Crippen molar-refractivity contribution in [2.45, 2.75) is 71.3 Å². The van der Waals surface area contributed by atoms with Crippen molar-refractivity contribution in [3.8, 4) is 0 Å². The van der Waals surface area contributed by atoms with Crippen LogP contribution in [0, 0.1) is 0 Å². The maximum absolute atomic E-state index is 5.50. The number of ether oxygens (including phenoxy) is 1. The zero-order valence-electron chi connectivity index (χ0n) is 13.9. The van der Waals surface area contributed by atoms with Crippen molar-refractivity contribution in [1.29, 1.82) is 0 Å². The van der Waals surface area contributed by atoms with Gasteiger partial charge in [0.15, 0.2) is 0 Å². The molecule has 0 N–H and O–H groups in total. The summed E-state index contributed by atoms with van der Waals surface area (Å²) >= 11 is 0. The molecule has 118 valence electrons. The molecule has 0 bridgehead atoms. The fraction of sp³-hybridized carbons (Fsp3) is 0.889. The quantitative estimate of drug-likeness (QED) is 0.197. The van der Waals surface area contributed by atoms with Crippen molar-refractivity contribution >= 4 is 0 Å². The van der Waals surface area contributed by atoms with Gasteiger partial charge in [-0.1, -0.05) is 32.8 Å². The van der Waals surface area contributed by atoms with E-state index in [1.807, 2.05) is 6.08 Å². The number of epoxide rings is 1. The normalized spacial score (nSPS) is 18.2. The number of unbranched alkanes of at least 4 members (excludes halogenated alkanes) is 5. The molecule has 1 aliphatic rings. The van der Waals surface area contributed by atoms with Gasteiger partial charge in [-0.25, -0.2) is 0 Å². The Morgan fingerprint density at radius 1 is 1.00 bits per heavy atom. The number of nitrogens with zero attached hydrogens (tertiary/aromatic N) is 1. The summed E-state index contributed by atoms with van der Waals surface area (Å²) in [5, 5.41) is 0. The van der Waals surface area contributed by atoms with Gasteiger partial charge in [-0.3, -0.25) is 0 Å². The number of quaternary nitrogens is 1. The molecule has 1 saturated heterocycles. The van der Waals surface area contributed by atoms with E-state index in [2.05, 4.69) is 20.4 Å². The van der Waals surface area contributed by atoms with Crippen LogP contribution >= 0.6 is 0 Å². The molecule has 1 fully saturated rings. The fourth-order valence-electron chi connectivity index (χ4n) is 3.43. The van der Waals surface area contributed by atoms with Crippen LogP contribution < -0.4 is 0 Å². The third kappa shape index (κ3) is 7.44. The van der Waals surface area contributed by atoms with Gasteiger partial charge in [0.1, 0.15) is 12.6 Å². The molecule has 0 aromatic carbocycles. The zero-order valence-corrected chi connectivity index (χ0v) is 13.9. The maximum Gasteiger partial charge on any atom is 0.130 e. The SMILES string of the molecule is C=CCCCCCCC[N+](CCC)(CCC)CC1CO1. The van der Waals surface area contributed by atoms with Gasteiger partial charge < -0.3 is 9.22 Å². The first-order valence-electron chi connectivity index (χ1n) is 8.84. The molecule has 1 unspecified atom stereocenters. The van der Waals surface area contributed by atoms with E-state index in [0.717, 1.165) is 6.61 Å². The smallest absolute Gasteiger partial charge is 0.130 e. The lowest BCUT2D eigenvalue weighted by atomic mass is 10.1. The van der Waals surface area contributed by atoms with Crippen molar-refractivity contribution < 1.29 is 9.22 Å². The highest BCUT2D eigenvalue weighted by Crippen LogP contribution is 2.21. The number of rotatable bonds is 14. The molecule has 2 heteroatoms. The molecule has 0 radical (unpaired) electrons. The van der Waals surface area contributed by atoms with Crippen LogP contribution in [0.2, 0.25) is 0 Å². The first-order chi connectivity index (χ1) is 9.76. The van der Waals surface area contributed by atoms with Crippen LogP contribution in [0.1, 0.15) is 65.2 Å². The Labute approximate surface area is 126 Å². The van der Waals surface area contributed by atoms with Crippen molar-refractivity contribution in [2.24, 2.45) is 0 Å². The number of hydrogen-bond acceptors (Lipinski definition) is 1. The maximum atomic E-state index is 5.50. The molecule has 0 spiro atoms. The Hall–Kier alpha value is -0.340. The van der Waals surface area contributed by atoms with Crippen molar-refractivity contribution in [3.63, 3.8) is 0 Å². The Balaban J connectivity index is 2.25. The molecular weight excluding hydrogens is 246 g/mol. The van der Waals surface area contributed by atoms with E-state index in [-0.39, 0.29) is 0 Å². The van der Waals surface area contributed by atoms with Gasteiger partial charge in [-0.05, 0) is 38.5 Å². The topological polar surface area (TPSA) is 12.5 Å². The molecule has 1 rings (SSSR count). The van der Waals surface area contributed by atoms with Crippen LogP contribution in [0.25, 0.3) is 0 Å². The third-order valence-corrected chi connectivity index (χ3v) is 4.43. The lowest BCUT2D eigenvalue weighted by molar-refractivity contribution is -0.929. The highest BCUT2D eigenvalue weighted by atomic mass is 16.6. The minimum absolute atomic E-state index is 0.570. The van der Waals surface area contributed by atoms with Crippen molar-refractivity contribution in [2.75, 3.05) is 32.8 Å². The Morgan fingerprint density at radius 3 is 2.15 bits per heavy atom. The summed E-state index contributed by atoms with van der Waals surface area (Å²) in [6.07, 6.45) is 13.3. The van der Waals surface area contributed by atoms with Gasteiger partial charge in [-0.15, -0.1) is 6.58 Å². The molecule has 2 nitrogen and oxygen atoms in total. The van der Waals surface area contributed by atoms with E-state index in [0.29, 0.717) is 6.10 Å². The second kappa shape index (κ2) is 10.4. The summed E-state index contributed by atoms with van der Waals surface area (Å²) < 4.78 is 6.81. The van der Waals surface area contributed by atoms with E-state index < -0.39 is 0 Å². The van der Waals surface area contributed by atoms with E-state index in [1.165, 1.54) is 82.0 Å². The Morgan fingerprint density at radius 2 is 1.60 bits per heavy atom. The average molecular weight is 282 g/mol. The molecule has 1 heterocycles. The summed E-state index contributed by atoms with van der Waals surface area (Å²) in [6, 6.07) is 0. The number of allylic oxidation sites excluding steroid dienone is 1. The zero-order chi connectivity index (χ0) is 14.7. The third-order valence-electron chi connectivity index (χ3n) is 4.43. The minimum atomic E-state index is 0.570. The van der Waals surface area contributed by atoms with Crippen molar-refractivity contribution in [3.05, 3.63) is 12.7 Å². The monoisotopic (exact) mass is 282 g/mol. The van der Waals surface area contributed by atoms with Crippen LogP contribution in [0.15, 0.2) is 12.7 Å². The molecule has 0 aromatic rings. The first kappa shape index (κ1) is 17.7. The van der Waals surface area contributed by atoms with Crippen LogP contribution in [0.3, 0.4) is 0 Å². The number of hydrogen-bond donors (Lipinski definition) is 0. The van der Waals surface area contributed by atoms with E-state index in [1.54, 1.807) is 0 Å². The lowest BCUT2D eigenvalue weighted by Gasteiger charge is -2.38. The second-order valence-electron chi connectivity index (χ2n) is 6.50. The molecule has 0 saturated carbocycles. The Bertz CT molecular complexity index is 242. The van der Waals surface area contributed by atoms with Crippen LogP contribution in [0.5, 0.6) is 0 Å². The fourth-order valence-corrected chi connectivity index (χ4v) is 3.43. The predicted molar refractivity (Wildman–Crippen MR) is 87.9 cm³/mol. The van der Waals surface area contributed by atoms with Gasteiger partial charge in [0, 0.05) is 0 Å². The van der Waals surface area contributed by atoms with Crippen LogP contribution in [-0.4, -0.2) is 43.4 Å². The molecule has 0 aliphatic carbocycles. The van der Waals surface area contributed by atoms with Gasteiger partial charge in [-0.2, -0.15) is 0 Å². The largest absolute Gasteiger partial charge is 0.367 e. The molecular formula is C18H36NO+. The predicted octanol–water partition coefficient (Wildman–Crippen LogP) is 4.55. The van der Waals surface area contributed by atoms with Crippen LogP contribution in [0.4, 0.5) is 0 Å². The molecule has 0 aromatic heterocycles. The molecule has 1 aliphatic heterocycles. The van der Waals surface area contributed by atoms with Gasteiger partial charge in [0.25, 0.3) is 0 Å². The molecule has 20 heavy (non-hydrogen) atoms. The minimum Gasteiger partial charge on any atom is -0.367 e. The molecule has 0 amide bonds. The highest BCUT2D eigenvalue weighted by molar-refractivity contribution is 4.69. The summed E-state index contributed by atoms with van der Waals surface area (Å²) in [5.74, 6) is 0. The standard InChI is InChI=1S/C18H36NO/c1-4-7-8-9-10-11-12-15-19(13-5-2,14-6-3)16-18-17-20-18/h4,18H,1,5-17H2,2-3H3/q+1. The highest BCUT2D eigenvalue weighted by Gasteiger charge is 2.35. The van der Waals surface area contributed by atoms with E-state index in [9.17, 15) is 0 Å². The van der Waals surface area contributed by atoms with E-state index >= 15 is 0 Å². The second-order valence-corrected chi connectivity index (χ2v) is 6.50. The Kier molecular flexibility index (Phi) is 9.21. The van der Waals surface area contributed by atoms with Crippen LogP contribution in [-0.2, 0) is 4.74 Å². The summed E-state index contributed by atoms with van der Waals surface area (Å²) in [7, 11) is 0. The molecule has 1 atom stereocenters. The van der Waals surface area contributed by atoms with Gasteiger partial charge >= 0.3 is 0 Å². The lowest BCUT2D eigenvalue weighted by Crippen LogP contribution is -2.52. The van der Waals surface area contributed by atoms with E-state index in [4.69, 9.17) is 4.74 Å². The average Bonchev–Trinajstić information content (AvgIpc) is 3.22. The summed E-state index contributed by atoms with van der Waals surface area (Å²) in [5.41, 5.74) is 0. The van der Waals surface area contributed by atoms with Gasteiger partial charge in [0.05, 0.1) is 26.2 Å². The summed E-state index contributed by atoms with van der Waals surface area (Å²) in [6.45, 7) is 14.7. The first-order valence-corrected chi connectivity index (χ1v) is 8.84. The van der Waals surface area contributed by atoms with Crippen molar-refractivity contribution in [1.82, 2.24) is 0 Å². The van der Waals surface area contributed by atoms with Gasteiger partial charge in [0.2, 0.25) is 0 Å².